The number of benzene rings is 1. The molecule has 3 rings (SSSR count). The molecule has 1 aliphatic rings. The topological polar surface area (TPSA) is 99.7 Å². The summed E-state index contributed by atoms with van der Waals surface area (Å²) in [6.07, 6.45) is 4.69. The number of urea groups is 1. The zero-order chi connectivity index (χ0) is 20.1. The van der Waals surface area contributed by atoms with Gasteiger partial charge in [-0.3, -0.25) is 4.90 Å². The number of methoxy groups -OCH3 is 1. The van der Waals surface area contributed by atoms with E-state index in [1.807, 2.05) is 12.1 Å². The number of rotatable bonds is 4. The van der Waals surface area contributed by atoms with E-state index >= 15 is 0 Å². The molecule has 3 amide bonds. The predicted molar refractivity (Wildman–Crippen MR) is 107 cm³/mol. The maximum Gasteiger partial charge on any atom is 0.414 e. The molecule has 0 saturated heterocycles. The lowest BCUT2D eigenvalue weighted by Gasteiger charge is -2.28. The number of nitrogens with one attached hydrogen (secondary N) is 2. The minimum Gasteiger partial charge on any atom is -0.452 e. The Hall–Kier alpha value is -3.36. The SMILES string of the molecule is CNc1ncc(CN(C)C(=O)Nc2ccc3c(c2)CCCN3C(=O)OC)cn1. The van der Waals surface area contributed by atoms with Gasteiger partial charge in [0.15, 0.2) is 0 Å². The fourth-order valence-corrected chi connectivity index (χ4v) is 3.10. The highest BCUT2D eigenvalue weighted by atomic mass is 16.5. The van der Waals surface area contributed by atoms with E-state index in [-0.39, 0.29) is 12.1 Å². The molecule has 0 saturated carbocycles. The van der Waals surface area contributed by atoms with E-state index in [1.54, 1.807) is 42.4 Å². The standard InChI is InChI=1S/C19H24N6O3/c1-20-17-21-10-13(11-22-17)12-24(2)18(26)23-15-6-7-16-14(9-15)5-4-8-25(16)19(27)28-3/h6-7,9-11H,4-5,8,12H2,1-3H3,(H,23,26)(H,20,21,22). The molecule has 1 aromatic heterocycles. The third-order valence-corrected chi connectivity index (χ3v) is 4.54. The van der Waals surface area contributed by atoms with E-state index in [2.05, 4.69) is 20.6 Å². The van der Waals surface area contributed by atoms with Crippen LogP contribution in [-0.2, 0) is 17.7 Å². The van der Waals surface area contributed by atoms with Crippen LogP contribution in [0.5, 0.6) is 0 Å². The zero-order valence-electron chi connectivity index (χ0n) is 16.2. The smallest absolute Gasteiger partial charge is 0.414 e. The van der Waals surface area contributed by atoms with Crippen LogP contribution in [0.3, 0.4) is 0 Å². The molecule has 0 aliphatic carbocycles. The third-order valence-electron chi connectivity index (χ3n) is 4.54. The molecule has 148 valence electrons. The number of carbonyl (C=O) groups excluding carboxylic acids is 2. The molecule has 2 aromatic rings. The van der Waals surface area contributed by atoms with Crippen molar-refractivity contribution in [3.63, 3.8) is 0 Å². The van der Waals surface area contributed by atoms with Gasteiger partial charge in [0.2, 0.25) is 5.95 Å². The second kappa shape index (κ2) is 8.55. The third kappa shape index (κ3) is 4.30. The summed E-state index contributed by atoms with van der Waals surface area (Å²) in [7, 11) is 4.83. The number of amides is 3. The van der Waals surface area contributed by atoms with E-state index in [0.717, 1.165) is 29.7 Å². The summed E-state index contributed by atoms with van der Waals surface area (Å²) < 4.78 is 4.84. The van der Waals surface area contributed by atoms with Crippen molar-refractivity contribution in [1.29, 1.82) is 0 Å². The van der Waals surface area contributed by atoms with Gasteiger partial charge in [0, 0.05) is 44.3 Å². The molecule has 28 heavy (non-hydrogen) atoms. The van der Waals surface area contributed by atoms with Crippen molar-refractivity contribution in [2.24, 2.45) is 0 Å². The number of carbonyl (C=O) groups is 2. The van der Waals surface area contributed by atoms with Gasteiger partial charge >= 0.3 is 12.1 Å². The molecule has 2 heterocycles. The highest BCUT2D eigenvalue weighted by Crippen LogP contribution is 2.30. The van der Waals surface area contributed by atoms with Gasteiger partial charge < -0.3 is 20.3 Å². The van der Waals surface area contributed by atoms with Crippen molar-refractivity contribution in [2.45, 2.75) is 19.4 Å². The minimum absolute atomic E-state index is 0.238. The molecule has 1 aliphatic heterocycles. The first kappa shape index (κ1) is 19.4. The highest BCUT2D eigenvalue weighted by molar-refractivity contribution is 5.92. The van der Waals surface area contributed by atoms with Crippen molar-refractivity contribution in [3.05, 3.63) is 41.7 Å². The van der Waals surface area contributed by atoms with E-state index in [0.29, 0.717) is 24.7 Å². The van der Waals surface area contributed by atoms with E-state index in [1.165, 1.54) is 7.11 Å². The Bertz CT molecular complexity index is 855. The number of aryl methyl sites for hydroxylation is 1. The predicted octanol–water partition coefficient (Wildman–Crippen LogP) is 2.70. The molecule has 0 spiro atoms. The monoisotopic (exact) mass is 384 g/mol. The molecule has 0 bridgehead atoms. The number of hydrogen-bond acceptors (Lipinski definition) is 6. The van der Waals surface area contributed by atoms with Crippen LogP contribution >= 0.6 is 0 Å². The van der Waals surface area contributed by atoms with Gasteiger partial charge in [-0.15, -0.1) is 0 Å². The average molecular weight is 384 g/mol. The molecule has 9 heteroatoms. The summed E-state index contributed by atoms with van der Waals surface area (Å²) in [6, 6.07) is 5.29. The first-order chi connectivity index (χ1) is 13.5. The van der Waals surface area contributed by atoms with Crippen LogP contribution in [-0.4, -0.2) is 54.7 Å². The largest absolute Gasteiger partial charge is 0.452 e. The Morgan fingerprint density at radius 1 is 1.29 bits per heavy atom. The zero-order valence-corrected chi connectivity index (χ0v) is 16.2. The van der Waals surface area contributed by atoms with Gasteiger partial charge in [-0.1, -0.05) is 0 Å². The van der Waals surface area contributed by atoms with Crippen LogP contribution in [0, 0.1) is 0 Å². The Morgan fingerprint density at radius 2 is 2.04 bits per heavy atom. The maximum atomic E-state index is 12.5. The summed E-state index contributed by atoms with van der Waals surface area (Å²) >= 11 is 0. The molecular formula is C19H24N6O3. The summed E-state index contributed by atoms with van der Waals surface area (Å²) in [5.74, 6) is 0.533. The Kier molecular flexibility index (Phi) is 5.93. The van der Waals surface area contributed by atoms with Crippen molar-refractivity contribution in [2.75, 3.05) is 43.3 Å². The number of nitrogens with zero attached hydrogens (tertiary/aromatic N) is 4. The molecule has 0 atom stereocenters. The molecule has 0 unspecified atom stereocenters. The molecule has 0 fully saturated rings. The van der Waals surface area contributed by atoms with Crippen molar-refractivity contribution >= 4 is 29.4 Å². The molecule has 9 nitrogen and oxygen atoms in total. The summed E-state index contributed by atoms with van der Waals surface area (Å²) in [4.78, 5) is 35.9. The molecule has 1 aromatic carbocycles. The fraction of sp³-hybridized carbons (Fsp3) is 0.368. The fourth-order valence-electron chi connectivity index (χ4n) is 3.10. The van der Waals surface area contributed by atoms with E-state index < -0.39 is 0 Å². The number of aromatic nitrogens is 2. The lowest BCUT2D eigenvalue weighted by molar-refractivity contribution is 0.178. The normalized spacial score (nSPS) is 12.8. The highest BCUT2D eigenvalue weighted by Gasteiger charge is 2.23. The summed E-state index contributed by atoms with van der Waals surface area (Å²) in [5.41, 5.74) is 3.35. The molecule has 2 N–H and O–H groups in total. The van der Waals surface area contributed by atoms with Crippen LogP contribution in [0.4, 0.5) is 26.9 Å². The van der Waals surface area contributed by atoms with Crippen LogP contribution in [0.15, 0.2) is 30.6 Å². The molecular weight excluding hydrogens is 360 g/mol. The van der Waals surface area contributed by atoms with Crippen LogP contribution in [0.1, 0.15) is 17.5 Å². The van der Waals surface area contributed by atoms with Gasteiger partial charge in [-0.05, 0) is 36.6 Å². The number of fused-ring (bicyclic) bond motifs is 1. The first-order valence-electron chi connectivity index (χ1n) is 9.01. The Balaban J connectivity index is 1.65. The van der Waals surface area contributed by atoms with Gasteiger partial charge in [-0.2, -0.15) is 0 Å². The van der Waals surface area contributed by atoms with Crippen LogP contribution < -0.4 is 15.5 Å². The number of hydrogen-bond donors (Lipinski definition) is 2. The first-order valence-corrected chi connectivity index (χ1v) is 9.01. The Labute approximate surface area is 163 Å². The number of ether oxygens (including phenoxy) is 1. The van der Waals surface area contributed by atoms with Crippen molar-refractivity contribution in [1.82, 2.24) is 14.9 Å². The second-order valence-electron chi connectivity index (χ2n) is 6.52. The Morgan fingerprint density at radius 3 is 2.71 bits per heavy atom. The summed E-state index contributed by atoms with van der Waals surface area (Å²) in [5, 5.41) is 5.75. The van der Waals surface area contributed by atoms with Crippen molar-refractivity contribution < 1.29 is 14.3 Å². The van der Waals surface area contributed by atoms with Crippen LogP contribution in [0.2, 0.25) is 0 Å². The van der Waals surface area contributed by atoms with Gasteiger partial charge in [0.05, 0.1) is 19.3 Å². The van der Waals surface area contributed by atoms with Gasteiger partial charge in [-0.25, -0.2) is 19.6 Å². The average Bonchev–Trinajstić information content (AvgIpc) is 2.73. The van der Waals surface area contributed by atoms with E-state index in [9.17, 15) is 9.59 Å². The quantitative estimate of drug-likeness (QED) is 0.841. The van der Waals surface area contributed by atoms with Crippen LogP contribution in [0.25, 0.3) is 0 Å². The lowest BCUT2D eigenvalue weighted by atomic mass is 10.0. The second-order valence-corrected chi connectivity index (χ2v) is 6.52. The van der Waals surface area contributed by atoms with Gasteiger partial charge in [0.25, 0.3) is 0 Å². The summed E-state index contributed by atoms with van der Waals surface area (Å²) in [6.45, 7) is 1.01. The minimum atomic E-state index is -0.371. The molecule has 0 radical (unpaired) electrons. The number of anilines is 3. The van der Waals surface area contributed by atoms with Crippen molar-refractivity contribution in [3.8, 4) is 0 Å². The maximum absolute atomic E-state index is 12.5. The lowest BCUT2D eigenvalue weighted by Crippen LogP contribution is -2.35. The van der Waals surface area contributed by atoms with E-state index in [4.69, 9.17) is 4.74 Å². The van der Waals surface area contributed by atoms with Gasteiger partial charge in [0.1, 0.15) is 0 Å².